The summed E-state index contributed by atoms with van der Waals surface area (Å²) in [7, 11) is 0. The highest BCUT2D eigenvalue weighted by Crippen LogP contribution is 2.17. The summed E-state index contributed by atoms with van der Waals surface area (Å²) >= 11 is 0. The van der Waals surface area contributed by atoms with Crippen LogP contribution >= 0.6 is 0 Å². The number of ether oxygens (including phenoxy) is 3. The minimum absolute atomic E-state index is 0.0806. The molecule has 0 saturated carbocycles. The number of carbonyl (C=O) groups is 3. The van der Waals surface area contributed by atoms with Gasteiger partial charge in [0.05, 0.1) is 0 Å². The van der Waals surface area contributed by atoms with E-state index in [1.165, 1.54) is 167 Å². The minimum Gasteiger partial charge on any atom is -0.462 e. The number of rotatable bonds is 55. The van der Waals surface area contributed by atoms with Crippen molar-refractivity contribution in [3.8, 4) is 0 Å². The standard InChI is InChI=1S/C63H114O6/c1-4-7-10-13-16-19-22-25-27-28-29-30-31-32-33-34-35-36-39-41-44-47-50-53-56-62(65)68-59-60(58-67-61(64)55-52-49-46-43-40-37-24-21-18-15-12-9-6-3)69-63(66)57-54-51-48-45-42-38-26-23-20-17-14-11-8-5-2/h12,14-15,17,21,23-24,26,60H,4-11,13,16,18-20,22,25,27-59H2,1-3H3/b15-12-,17-14-,24-21-,26-23-. The van der Waals surface area contributed by atoms with E-state index in [-0.39, 0.29) is 31.1 Å². The van der Waals surface area contributed by atoms with Gasteiger partial charge in [-0.1, -0.05) is 275 Å². The van der Waals surface area contributed by atoms with E-state index in [2.05, 4.69) is 69.4 Å². The number of unbranched alkanes of at least 4 members (excludes halogenated alkanes) is 36. The molecule has 6 nitrogen and oxygen atoms in total. The first kappa shape index (κ1) is 66.4. The molecular formula is C63H114O6. The van der Waals surface area contributed by atoms with Crippen molar-refractivity contribution < 1.29 is 28.6 Å². The Bertz CT molecular complexity index is 1200. The van der Waals surface area contributed by atoms with Crippen LogP contribution in [0, 0.1) is 0 Å². The van der Waals surface area contributed by atoms with Crippen molar-refractivity contribution in [2.24, 2.45) is 0 Å². The van der Waals surface area contributed by atoms with E-state index in [0.717, 1.165) is 109 Å². The molecule has 0 rings (SSSR count). The lowest BCUT2D eigenvalue weighted by Crippen LogP contribution is -2.30. The SMILES string of the molecule is CCC/C=C\C/C=C\CCCCCCCC(=O)OCC(COC(=O)CCCCCCCCCCCCCCCCCCCCCCCCCC)OC(=O)CCCCCCC/C=C\C/C=C\CCCC. The Kier molecular flexibility index (Phi) is 55.7. The second-order valence-corrected chi connectivity index (χ2v) is 20.3. The zero-order valence-electron chi connectivity index (χ0n) is 46.1. The normalized spacial score (nSPS) is 12.3. The average Bonchev–Trinajstić information content (AvgIpc) is 3.35. The third-order valence-corrected chi connectivity index (χ3v) is 13.3. The maximum absolute atomic E-state index is 12.8. The third kappa shape index (κ3) is 56.2. The second kappa shape index (κ2) is 57.9. The summed E-state index contributed by atoms with van der Waals surface area (Å²) in [5.74, 6) is -0.895. The molecule has 0 aromatic rings. The van der Waals surface area contributed by atoms with Gasteiger partial charge in [-0.3, -0.25) is 14.4 Å². The van der Waals surface area contributed by atoms with Crippen LogP contribution in [0.4, 0.5) is 0 Å². The van der Waals surface area contributed by atoms with Crippen molar-refractivity contribution in [3.63, 3.8) is 0 Å². The fourth-order valence-electron chi connectivity index (χ4n) is 8.73. The van der Waals surface area contributed by atoms with Crippen LogP contribution in [-0.4, -0.2) is 37.2 Å². The molecule has 0 heterocycles. The first-order valence-corrected chi connectivity index (χ1v) is 30.1. The molecule has 0 aromatic heterocycles. The highest BCUT2D eigenvalue weighted by molar-refractivity contribution is 5.71. The van der Waals surface area contributed by atoms with Gasteiger partial charge in [0.1, 0.15) is 13.2 Å². The molecule has 6 heteroatoms. The molecular weight excluding hydrogens is 853 g/mol. The van der Waals surface area contributed by atoms with Crippen LogP contribution in [-0.2, 0) is 28.6 Å². The highest BCUT2D eigenvalue weighted by atomic mass is 16.6. The van der Waals surface area contributed by atoms with E-state index >= 15 is 0 Å². The molecule has 0 radical (unpaired) electrons. The van der Waals surface area contributed by atoms with Crippen LogP contribution in [0.15, 0.2) is 48.6 Å². The van der Waals surface area contributed by atoms with E-state index < -0.39 is 6.10 Å². The van der Waals surface area contributed by atoms with E-state index in [0.29, 0.717) is 19.3 Å². The summed E-state index contributed by atoms with van der Waals surface area (Å²) in [6.45, 7) is 6.55. The molecule has 0 spiro atoms. The Morgan fingerprint density at radius 2 is 0.565 bits per heavy atom. The van der Waals surface area contributed by atoms with Gasteiger partial charge in [0, 0.05) is 19.3 Å². The Morgan fingerprint density at radius 1 is 0.290 bits per heavy atom. The summed E-state index contributed by atoms with van der Waals surface area (Å²) in [5.41, 5.74) is 0. The third-order valence-electron chi connectivity index (χ3n) is 13.3. The largest absolute Gasteiger partial charge is 0.462 e. The average molecular weight is 968 g/mol. The molecule has 0 aromatic carbocycles. The predicted octanol–water partition coefficient (Wildman–Crippen LogP) is 20.2. The summed E-state index contributed by atoms with van der Waals surface area (Å²) in [6, 6.07) is 0. The first-order chi connectivity index (χ1) is 34.0. The van der Waals surface area contributed by atoms with Gasteiger partial charge < -0.3 is 14.2 Å². The second-order valence-electron chi connectivity index (χ2n) is 20.3. The Morgan fingerprint density at radius 3 is 0.899 bits per heavy atom. The van der Waals surface area contributed by atoms with E-state index in [1.54, 1.807) is 0 Å². The zero-order chi connectivity index (χ0) is 50.0. The van der Waals surface area contributed by atoms with Gasteiger partial charge >= 0.3 is 17.9 Å². The Labute approximate surface area is 428 Å². The van der Waals surface area contributed by atoms with E-state index in [1.807, 2.05) is 0 Å². The summed E-state index contributed by atoms with van der Waals surface area (Å²) in [6.07, 6.45) is 71.2. The van der Waals surface area contributed by atoms with Crippen molar-refractivity contribution in [1.29, 1.82) is 0 Å². The van der Waals surface area contributed by atoms with Gasteiger partial charge in [-0.05, 0) is 70.6 Å². The molecule has 402 valence electrons. The van der Waals surface area contributed by atoms with Gasteiger partial charge in [-0.25, -0.2) is 0 Å². The van der Waals surface area contributed by atoms with Crippen molar-refractivity contribution in [2.75, 3.05) is 13.2 Å². The van der Waals surface area contributed by atoms with Crippen LogP contribution < -0.4 is 0 Å². The lowest BCUT2D eigenvalue weighted by molar-refractivity contribution is -0.167. The van der Waals surface area contributed by atoms with Crippen molar-refractivity contribution >= 4 is 17.9 Å². The van der Waals surface area contributed by atoms with Gasteiger partial charge in [0.15, 0.2) is 6.10 Å². The summed E-state index contributed by atoms with van der Waals surface area (Å²) < 4.78 is 16.9. The van der Waals surface area contributed by atoms with Crippen LogP contribution in [0.1, 0.15) is 316 Å². The first-order valence-electron chi connectivity index (χ1n) is 30.1. The lowest BCUT2D eigenvalue weighted by Gasteiger charge is -2.18. The maximum atomic E-state index is 12.8. The highest BCUT2D eigenvalue weighted by Gasteiger charge is 2.19. The fourth-order valence-corrected chi connectivity index (χ4v) is 8.73. The smallest absolute Gasteiger partial charge is 0.306 e. The molecule has 1 unspecified atom stereocenters. The number of hydrogen-bond acceptors (Lipinski definition) is 6. The van der Waals surface area contributed by atoms with E-state index in [9.17, 15) is 14.4 Å². The van der Waals surface area contributed by atoms with Crippen molar-refractivity contribution in [3.05, 3.63) is 48.6 Å². The quantitative estimate of drug-likeness (QED) is 0.0262. The topological polar surface area (TPSA) is 78.9 Å². The molecule has 0 N–H and O–H groups in total. The molecule has 0 saturated heterocycles. The van der Waals surface area contributed by atoms with Gasteiger partial charge in [0.25, 0.3) is 0 Å². The monoisotopic (exact) mass is 967 g/mol. The summed E-state index contributed by atoms with van der Waals surface area (Å²) in [5, 5.41) is 0. The Balaban J connectivity index is 4.24. The van der Waals surface area contributed by atoms with Crippen molar-refractivity contribution in [2.45, 2.75) is 322 Å². The Hall–Kier alpha value is -2.63. The molecule has 0 aliphatic heterocycles. The molecule has 0 fully saturated rings. The number of hydrogen-bond donors (Lipinski definition) is 0. The van der Waals surface area contributed by atoms with Crippen LogP contribution in [0.2, 0.25) is 0 Å². The maximum Gasteiger partial charge on any atom is 0.306 e. The molecule has 0 aliphatic carbocycles. The van der Waals surface area contributed by atoms with Crippen LogP contribution in [0.25, 0.3) is 0 Å². The predicted molar refractivity (Wildman–Crippen MR) is 298 cm³/mol. The molecule has 1 atom stereocenters. The summed E-state index contributed by atoms with van der Waals surface area (Å²) in [4.78, 5) is 38.1. The number of carbonyl (C=O) groups excluding carboxylic acids is 3. The van der Waals surface area contributed by atoms with Gasteiger partial charge in [-0.15, -0.1) is 0 Å². The molecule has 0 bridgehead atoms. The zero-order valence-corrected chi connectivity index (χ0v) is 46.1. The van der Waals surface area contributed by atoms with Crippen molar-refractivity contribution in [1.82, 2.24) is 0 Å². The molecule has 69 heavy (non-hydrogen) atoms. The molecule has 0 aliphatic rings. The fraction of sp³-hybridized carbons (Fsp3) is 0.825. The van der Waals surface area contributed by atoms with Crippen LogP contribution in [0.3, 0.4) is 0 Å². The van der Waals surface area contributed by atoms with Gasteiger partial charge in [0.2, 0.25) is 0 Å². The number of esters is 3. The van der Waals surface area contributed by atoms with Gasteiger partial charge in [-0.2, -0.15) is 0 Å². The molecule has 0 amide bonds. The minimum atomic E-state index is -0.784. The number of allylic oxidation sites excluding steroid dienone is 8. The van der Waals surface area contributed by atoms with E-state index in [4.69, 9.17) is 14.2 Å². The lowest BCUT2D eigenvalue weighted by atomic mass is 10.0. The van der Waals surface area contributed by atoms with Crippen LogP contribution in [0.5, 0.6) is 0 Å².